The molecule has 1 heterocycles. The molecule has 32 heavy (non-hydrogen) atoms. The molecule has 1 N–H and O–H groups in total. The standard InChI is InChI=1S/C28H30N2O2/c1-18(2)22-11-13-23(14-12-22)28(27(32)29-24-9-7-6-8-20(24)4)17-26(31)30(28)25-15-10-19(3)16-21(25)5/h6-16,18H,17H2,1-5H3,(H,29,32)/t28-/m0/s1. The topological polar surface area (TPSA) is 49.4 Å². The molecule has 0 radical (unpaired) electrons. The van der Waals surface area contributed by atoms with Gasteiger partial charge in [-0.05, 0) is 61.1 Å². The zero-order valence-corrected chi connectivity index (χ0v) is 19.4. The fraction of sp³-hybridized carbons (Fsp3) is 0.286. The number of hydrogen-bond donors (Lipinski definition) is 1. The predicted octanol–water partition coefficient (Wildman–Crippen LogP) is 6.01. The van der Waals surface area contributed by atoms with E-state index in [1.807, 2.05) is 75.4 Å². The average molecular weight is 427 g/mol. The number of benzene rings is 3. The van der Waals surface area contributed by atoms with Crippen molar-refractivity contribution >= 4 is 23.2 Å². The molecule has 1 saturated heterocycles. The second-order valence-electron chi connectivity index (χ2n) is 9.10. The first-order chi connectivity index (χ1) is 15.2. The molecule has 0 spiro atoms. The van der Waals surface area contributed by atoms with E-state index in [1.54, 1.807) is 4.90 Å². The van der Waals surface area contributed by atoms with E-state index in [9.17, 15) is 9.59 Å². The summed E-state index contributed by atoms with van der Waals surface area (Å²) in [5.74, 6) is 0.146. The van der Waals surface area contributed by atoms with Crippen LogP contribution in [0.5, 0.6) is 0 Å². The van der Waals surface area contributed by atoms with Gasteiger partial charge in [0.1, 0.15) is 0 Å². The van der Waals surface area contributed by atoms with E-state index in [4.69, 9.17) is 0 Å². The fourth-order valence-corrected chi connectivity index (χ4v) is 4.52. The highest BCUT2D eigenvalue weighted by Crippen LogP contribution is 2.47. The van der Waals surface area contributed by atoms with Gasteiger partial charge in [0, 0.05) is 11.4 Å². The van der Waals surface area contributed by atoms with Crippen LogP contribution in [0.2, 0.25) is 0 Å². The van der Waals surface area contributed by atoms with Crippen LogP contribution in [0.4, 0.5) is 11.4 Å². The average Bonchev–Trinajstić information content (AvgIpc) is 2.75. The molecular formula is C28H30N2O2. The Bertz CT molecular complexity index is 1180. The van der Waals surface area contributed by atoms with Gasteiger partial charge in [-0.2, -0.15) is 0 Å². The number of nitrogens with one attached hydrogen (secondary N) is 1. The van der Waals surface area contributed by atoms with Gasteiger partial charge in [0.05, 0.1) is 6.42 Å². The Labute approximate surface area is 190 Å². The highest BCUT2D eigenvalue weighted by Gasteiger charge is 2.58. The van der Waals surface area contributed by atoms with Gasteiger partial charge in [0.15, 0.2) is 5.54 Å². The van der Waals surface area contributed by atoms with E-state index < -0.39 is 5.54 Å². The minimum atomic E-state index is -1.09. The van der Waals surface area contributed by atoms with E-state index >= 15 is 0 Å². The van der Waals surface area contributed by atoms with Gasteiger partial charge < -0.3 is 5.32 Å². The first-order valence-electron chi connectivity index (χ1n) is 11.1. The number of carbonyl (C=O) groups excluding carboxylic acids is 2. The lowest BCUT2D eigenvalue weighted by molar-refractivity contribution is -0.137. The number of amides is 2. The van der Waals surface area contributed by atoms with E-state index in [0.717, 1.165) is 33.6 Å². The SMILES string of the molecule is Cc1ccc(N2C(=O)C[C@@]2(C(=O)Nc2ccccc2C)c2ccc(C(C)C)cc2)c(C)c1. The molecule has 3 aromatic carbocycles. The number of rotatable bonds is 5. The zero-order valence-electron chi connectivity index (χ0n) is 19.4. The molecule has 0 unspecified atom stereocenters. The molecular weight excluding hydrogens is 396 g/mol. The molecule has 4 heteroatoms. The highest BCUT2D eigenvalue weighted by atomic mass is 16.2. The van der Waals surface area contributed by atoms with Gasteiger partial charge in [-0.25, -0.2) is 0 Å². The minimum absolute atomic E-state index is 0.0511. The zero-order chi connectivity index (χ0) is 23.0. The summed E-state index contributed by atoms with van der Waals surface area (Å²) in [5.41, 5.74) is 5.56. The fourth-order valence-electron chi connectivity index (χ4n) is 4.52. The number of β-lactam (4-membered cyclic amide) rings is 1. The summed E-state index contributed by atoms with van der Waals surface area (Å²) in [4.78, 5) is 28.6. The minimum Gasteiger partial charge on any atom is -0.323 e. The van der Waals surface area contributed by atoms with Crippen molar-refractivity contribution in [3.8, 4) is 0 Å². The van der Waals surface area contributed by atoms with Crippen molar-refractivity contribution in [1.82, 2.24) is 0 Å². The monoisotopic (exact) mass is 426 g/mol. The number of hydrogen-bond acceptors (Lipinski definition) is 2. The van der Waals surface area contributed by atoms with Crippen molar-refractivity contribution in [2.45, 2.75) is 52.5 Å². The van der Waals surface area contributed by atoms with Crippen molar-refractivity contribution in [2.75, 3.05) is 10.2 Å². The van der Waals surface area contributed by atoms with Crippen LogP contribution in [-0.2, 0) is 15.1 Å². The van der Waals surface area contributed by atoms with Gasteiger partial charge in [-0.15, -0.1) is 0 Å². The lowest BCUT2D eigenvalue weighted by Gasteiger charge is -2.51. The van der Waals surface area contributed by atoms with Crippen molar-refractivity contribution in [3.63, 3.8) is 0 Å². The van der Waals surface area contributed by atoms with Crippen molar-refractivity contribution in [2.24, 2.45) is 0 Å². The number of para-hydroxylation sites is 1. The second-order valence-corrected chi connectivity index (χ2v) is 9.10. The molecule has 0 saturated carbocycles. The summed E-state index contributed by atoms with van der Waals surface area (Å²) in [6.07, 6.45) is 0.138. The van der Waals surface area contributed by atoms with Crippen LogP contribution < -0.4 is 10.2 Å². The van der Waals surface area contributed by atoms with Gasteiger partial charge >= 0.3 is 0 Å². The van der Waals surface area contributed by atoms with E-state index in [2.05, 4.69) is 31.3 Å². The van der Waals surface area contributed by atoms with Crippen LogP contribution in [0.1, 0.15) is 54.0 Å². The maximum Gasteiger partial charge on any atom is 0.255 e. The first kappa shape index (κ1) is 21.8. The smallest absolute Gasteiger partial charge is 0.255 e. The Balaban J connectivity index is 1.83. The van der Waals surface area contributed by atoms with Crippen LogP contribution in [0.25, 0.3) is 0 Å². The Hall–Kier alpha value is -3.40. The predicted molar refractivity (Wildman–Crippen MR) is 130 cm³/mol. The molecule has 0 aromatic heterocycles. The van der Waals surface area contributed by atoms with Crippen molar-refractivity contribution in [1.29, 1.82) is 0 Å². The molecule has 4 nitrogen and oxygen atoms in total. The molecule has 0 aliphatic carbocycles. The Morgan fingerprint density at radius 3 is 2.22 bits per heavy atom. The Kier molecular flexibility index (Phi) is 5.64. The molecule has 1 fully saturated rings. The summed E-state index contributed by atoms with van der Waals surface area (Å²) in [6.45, 7) is 10.3. The molecule has 0 bridgehead atoms. The van der Waals surface area contributed by atoms with E-state index in [1.165, 1.54) is 5.56 Å². The Morgan fingerprint density at radius 1 is 0.938 bits per heavy atom. The van der Waals surface area contributed by atoms with Crippen LogP contribution in [0.3, 0.4) is 0 Å². The third-order valence-electron chi connectivity index (χ3n) is 6.46. The number of aryl methyl sites for hydroxylation is 3. The van der Waals surface area contributed by atoms with E-state index in [-0.39, 0.29) is 18.2 Å². The van der Waals surface area contributed by atoms with E-state index in [0.29, 0.717) is 5.92 Å². The number of nitrogens with zero attached hydrogens (tertiary/aromatic N) is 1. The summed E-state index contributed by atoms with van der Waals surface area (Å²) >= 11 is 0. The Morgan fingerprint density at radius 2 is 1.62 bits per heavy atom. The maximum absolute atomic E-state index is 13.9. The third kappa shape index (κ3) is 3.60. The summed E-state index contributed by atoms with van der Waals surface area (Å²) in [5, 5.41) is 3.11. The quantitative estimate of drug-likeness (QED) is 0.508. The largest absolute Gasteiger partial charge is 0.323 e. The molecule has 164 valence electrons. The second kappa shape index (κ2) is 8.27. The molecule has 1 atom stereocenters. The summed E-state index contributed by atoms with van der Waals surface area (Å²) < 4.78 is 0. The molecule has 4 rings (SSSR count). The lowest BCUT2D eigenvalue weighted by atomic mass is 9.75. The normalized spacial score (nSPS) is 17.9. The van der Waals surface area contributed by atoms with Crippen LogP contribution in [-0.4, -0.2) is 11.8 Å². The van der Waals surface area contributed by atoms with Gasteiger partial charge in [-0.3, -0.25) is 14.5 Å². The van der Waals surface area contributed by atoms with Crippen LogP contribution in [0.15, 0.2) is 66.7 Å². The number of anilines is 2. The van der Waals surface area contributed by atoms with Crippen molar-refractivity contribution in [3.05, 3.63) is 94.5 Å². The van der Waals surface area contributed by atoms with Gasteiger partial charge in [0.25, 0.3) is 5.91 Å². The van der Waals surface area contributed by atoms with Crippen LogP contribution >= 0.6 is 0 Å². The van der Waals surface area contributed by atoms with Gasteiger partial charge in [0.2, 0.25) is 5.91 Å². The summed E-state index contributed by atoms with van der Waals surface area (Å²) in [7, 11) is 0. The molecule has 2 amide bonds. The van der Waals surface area contributed by atoms with Crippen LogP contribution in [0, 0.1) is 20.8 Å². The molecule has 3 aromatic rings. The number of carbonyl (C=O) groups is 2. The molecule has 1 aliphatic rings. The highest BCUT2D eigenvalue weighted by molar-refractivity contribution is 6.17. The first-order valence-corrected chi connectivity index (χ1v) is 11.1. The van der Waals surface area contributed by atoms with Crippen molar-refractivity contribution < 1.29 is 9.59 Å². The third-order valence-corrected chi connectivity index (χ3v) is 6.46. The lowest BCUT2D eigenvalue weighted by Crippen LogP contribution is -2.67. The maximum atomic E-state index is 13.9. The summed E-state index contributed by atoms with van der Waals surface area (Å²) in [6, 6.07) is 21.8. The van der Waals surface area contributed by atoms with Gasteiger partial charge in [-0.1, -0.05) is 74.0 Å². The molecule has 1 aliphatic heterocycles.